The number of thioether (sulfide) groups is 1. The zero-order valence-electron chi connectivity index (χ0n) is 10.5. The van der Waals surface area contributed by atoms with E-state index in [-0.39, 0.29) is 5.91 Å². The molecule has 0 bridgehead atoms. The number of hydrogen-bond acceptors (Lipinski definition) is 2. The number of benzene rings is 1. The Morgan fingerprint density at radius 1 is 1.33 bits per heavy atom. The number of nitrogens with one attached hydrogen (secondary N) is 1. The number of hydrogen-bond donors (Lipinski definition) is 1. The molecule has 0 aliphatic carbocycles. The first kappa shape index (κ1) is 15.7. The molecule has 18 heavy (non-hydrogen) atoms. The second-order valence-electron chi connectivity index (χ2n) is 4.39. The highest BCUT2D eigenvalue weighted by atomic mass is 35.5. The van der Waals surface area contributed by atoms with Gasteiger partial charge < -0.3 is 5.32 Å². The molecule has 1 aromatic rings. The summed E-state index contributed by atoms with van der Waals surface area (Å²) < 4.78 is 0. The van der Waals surface area contributed by atoms with Crippen molar-refractivity contribution >= 4 is 40.9 Å². The van der Waals surface area contributed by atoms with E-state index in [2.05, 4.69) is 19.2 Å². The highest BCUT2D eigenvalue weighted by Gasteiger charge is 2.07. The van der Waals surface area contributed by atoms with Crippen LogP contribution in [0.5, 0.6) is 0 Å². The Morgan fingerprint density at radius 2 is 1.94 bits per heavy atom. The molecule has 0 heterocycles. The molecule has 1 aromatic carbocycles. The maximum Gasteiger partial charge on any atom is 0.230 e. The number of carbonyl (C=O) groups excluding carboxylic acids is 1. The lowest BCUT2D eigenvalue weighted by Crippen LogP contribution is -2.28. The quantitative estimate of drug-likeness (QED) is 0.860. The molecule has 0 spiro atoms. The first-order chi connectivity index (χ1) is 8.50. The minimum atomic E-state index is 0.0527. The monoisotopic (exact) mass is 305 g/mol. The summed E-state index contributed by atoms with van der Waals surface area (Å²) in [6.07, 6.45) is 0. The van der Waals surface area contributed by atoms with E-state index < -0.39 is 0 Å². The lowest BCUT2D eigenvalue weighted by atomic mass is 10.2. The van der Waals surface area contributed by atoms with E-state index in [0.29, 0.717) is 34.0 Å². The summed E-state index contributed by atoms with van der Waals surface area (Å²) in [5.41, 5.74) is 0.891. The summed E-state index contributed by atoms with van der Waals surface area (Å²) in [4.78, 5) is 11.5. The summed E-state index contributed by atoms with van der Waals surface area (Å²) >= 11 is 13.6. The largest absolute Gasteiger partial charge is 0.355 e. The Bertz CT molecular complexity index is 390. The number of rotatable bonds is 6. The minimum absolute atomic E-state index is 0.0527. The molecule has 1 N–H and O–H groups in total. The van der Waals surface area contributed by atoms with Gasteiger partial charge >= 0.3 is 0 Å². The molecule has 1 amide bonds. The maximum absolute atomic E-state index is 11.5. The molecule has 0 radical (unpaired) electrons. The molecule has 0 aliphatic heterocycles. The van der Waals surface area contributed by atoms with Gasteiger partial charge in [-0.25, -0.2) is 0 Å². The third-order valence-corrected chi connectivity index (χ3v) is 3.92. The van der Waals surface area contributed by atoms with Crippen LogP contribution in [0, 0.1) is 5.92 Å². The standard InChI is InChI=1S/C13H17Cl2NOS/c1-9(2)6-16-13(17)8-18-7-10-11(14)4-3-5-12(10)15/h3-5,9H,6-8H2,1-2H3,(H,16,17). The van der Waals surface area contributed by atoms with Crippen molar-refractivity contribution in [2.24, 2.45) is 5.92 Å². The van der Waals surface area contributed by atoms with Crippen LogP contribution in [0.15, 0.2) is 18.2 Å². The third-order valence-electron chi connectivity index (χ3n) is 2.25. The van der Waals surface area contributed by atoms with Gasteiger partial charge in [0.25, 0.3) is 0 Å². The van der Waals surface area contributed by atoms with Crippen molar-refractivity contribution < 1.29 is 4.79 Å². The summed E-state index contributed by atoms with van der Waals surface area (Å²) in [7, 11) is 0. The average molecular weight is 306 g/mol. The fourth-order valence-corrected chi connectivity index (χ4v) is 2.88. The molecule has 0 saturated carbocycles. The van der Waals surface area contributed by atoms with E-state index in [4.69, 9.17) is 23.2 Å². The first-order valence-corrected chi connectivity index (χ1v) is 7.69. The van der Waals surface area contributed by atoms with Crippen LogP contribution in [0.25, 0.3) is 0 Å². The Morgan fingerprint density at radius 3 is 2.50 bits per heavy atom. The van der Waals surface area contributed by atoms with Gasteiger partial charge in [0.1, 0.15) is 0 Å². The average Bonchev–Trinajstić information content (AvgIpc) is 2.30. The van der Waals surface area contributed by atoms with Crippen molar-refractivity contribution in [2.75, 3.05) is 12.3 Å². The first-order valence-electron chi connectivity index (χ1n) is 5.78. The van der Waals surface area contributed by atoms with E-state index in [1.165, 1.54) is 11.8 Å². The molecule has 0 aromatic heterocycles. The zero-order chi connectivity index (χ0) is 13.5. The Kier molecular flexibility index (Phi) is 6.90. The lowest BCUT2D eigenvalue weighted by molar-refractivity contribution is -0.118. The van der Waals surface area contributed by atoms with Crippen molar-refractivity contribution in [2.45, 2.75) is 19.6 Å². The van der Waals surface area contributed by atoms with Gasteiger partial charge in [0.05, 0.1) is 5.75 Å². The summed E-state index contributed by atoms with van der Waals surface area (Å²) in [6, 6.07) is 5.43. The van der Waals surface area contributed by atoms with E-state index >= 15 is 0 Å². The molecule has 0 unspecified atom stereocenters. The number of halogens is 2. The summed E-state index contributed by atoms with van der Waals surface area (Å²) in [5, 5.41) is 4.17. The van der Waals surface area contributed by atoms with Crippen molar-refractivity contribution in [3.05, 3.63) is 33.8 Å². The van der Waals surface area contributed by atoms with Crippen LogP contribution in [-0.2, 0) is 10.5 Å². The highest BCUT2D eigenvalue weighted by molar-refractivity contribution is 7.99. The van der Waals surface area contributed by atoms with E-state index in [0.717, 1.165) is 5.56 Å². The SMILES string of the molecule is CC(C)CNC(=O)CSCc1c(Cl)cccc1Cl. The van der Waals surface area contributed by atoms with Gasteiger partial charge in [0, 0.05) is 22.3 Å². The molecule has 100 valence electrons. The predicted octanol–water partition coefficient (Wildman–Crippen LogP) is 4.00. The molecule has 1 rings (SSSR count). The van der Waals surface area contributed by atoms with Gasteiger partial charge in [-0.2, -0.15) is 0 Å². The smallest absolute Gasteiger partial charge is 0.230 e. The fourth-order valence-electron chi connectivity index (χ4n) is 1.29. The Balaban J connectivity index is 2.35. The number of amides is 1. The van der Waals surface area contributed by atoms with Gasteiger partial charge in [-0.1, -0.05) is 43.1 Å². The molecule has 0 saturated heterocycles. The Hall–Kier alpha value is -0.380. The molecule has 5 heteroatoms. The van der Waals surface area contributed by atoms with Gasteiger partial charge in [-0.15, -0.1) is 11.8 Å². The Labute approximate surface area is 122 Å². The van der Waals surface area contributed by atoms with E-state index in [9.17, 15) is 4.79 Å². The van der Waals surface area contributed by atoms with Crippen molar-refractivity contribution in [3.8, 4) is 0 Å². The van der Waals surface area contributed by atoms with Gasteiger partial charge in [0.2, 0.25) is 5.91 Å². The molecule has 2 nitrogen and oxygen atoms in total. The second kappa shape index (κ2) is 7.93. The van der Waals surface area contributed by atoms with Gasteiger partial charge in [-0.3, -0.25) is 4.79 Å². The summed E-state index contributed by atoms with van der Waals surface area (Å²) in [6.45, 7) is 4.85. The normalized spacial score (nSPS) is 10.7. The lowest BCUT2D eigenvalue weighted by Gasteiger charge is -2.08. The van der Waals surface area contributed by atoms with Crippen LogP contribution in [0.4, 0.5) is 0 Å². The van der Waals surface area contributed by atoms with Crippen molar-refractivity contribution in [1.29, 1.82) is 0 Å². The van der Waals surface area contributed by atoms with Crippen LogP contribution in [0.3, 0.4) is 0 Å². The minimum Gasteiger partial charge on any atom is -0.355 e. The molecular weight excluding hydrogens is 289 g/mol. The fraction of sp³-hybridized carbons (Fsp3) is 0.462. The topological polar surface area (TPSA) is 29.1 Å². The van der Waals surface area contributed by atoms with E-state index in [1.807, 2.05) is 18.2 Å². The van der Waals surface area contributed by atoms with Crippen molar-refractivity contribution in [3.63, 3.8) is 0 Å². The highest BCUT2D eigenvalue weighted by Crippen LogP contribution is 2.27. The summed E-state index contributed by atoms with van der Waals surface area (Å²) in [5.74, 6) is 1.59. The maximum atomic E-state index is 11.5. The van der Waals surface area contributed by atoms with Crippen LogP contribution in [0.2, 0.25) is 10.0 Å². The number of carbonyl (C=O) groups is 1. The molecular formula is C13H17Cl2NOS. The van der Waals surface area contributed by atoms with Gasteiger partial charge in [-0.05, 0) is 23.6 Å². The van der Waals surface area contributed by atoms with Crippen LogP contribution >= 0.6 is 35.0 Å². The molecule has 0 aliphatic rings. The molecule has 0 fully saturated rings. The van der Waals surface area contributed by atoms with Gasteiger partial charge in [0.15, 0.2) is 0 Å². The van der Waals surface area contributed by atoms with Crippen LogP contribution in [0.1, 0.15) is 19.4 Å². The van der Waals surface area contributed by atoms with Crippen LogP contribution in [-0.4, -0.2) is 18.2 Å². The van der Waals surface area contributed by atoms with Crippen LogP contribution < -0.4 is 5.32 Å². The van der Waals surface area contributed by atoms with E-state index in [1.54, 1.807) is 0 Å². The molecule has 0 atom stereocenters. The zero-order valence-corrected chi connectivity index (χ0v) is 12.8. The van der Waals surface area contributed by atoms with Crippen molar-refractivity contribution in [1.82, 2.24) is 5.32 Å². The second-order valence-corrected chi connectivity index (χ2v) is 6.19. The predicted molar refractivity (Wildman–Crippen MR) is 80.5 cm³/mol. The third kappa shape index (κ3) is 5.51.